The lowest BCUT2D eigenvalue weighted by molar-refractivity contribution is -0.126. The minimum atomic E-state index is -0.507. The van der Waals surface area contributed by atoms with Crippen molar-refractivity contribution in [2.45, 2.75) is 152 Å². The number of nitrogens with one attached hydrogen (secondary N) is 5. The Morgan fingerprint density at radius 3 is 2.40 bits per heavy atom. The number of aryl methyl sites for hydroxylation is 3. The van der Waals surface area contributed by atoms with Crippen molar-refractivity contribution in [1.29, 1.82) is 0 Å². The summed E-state index contributed by atoms with van der Waals surface area (Å²) in [5, 5.41) is 53.0. The van der Waals surface area contributed by atoms with Crippen LogP contribution in [0.3, 0.4) is 0 Å². The molecule has 15 heteroatoms. The predicted molar refractivity (Wildman–Crippen MR) is 366 cm³/mol. The van der Waals surface area contributed by atoms with Crippen LogP contribution in [-0.4, -0.2) is 116 Å². The second-order valence-corrected chi connectivity index (χ2v) is 29.2. The highest BCUT2D eigenvalue weighted by atomic mass is 16.5. The summed E-state index contributed by atoms with van der Waals surface area (Å²) in [5.41, 5.74) is 27.5. The predicted octanol–water partition coefficient (Wildman–Crippen LogP) is 8.71. The van der Waals surface area contributed by atoms with E-state index < -0.39 is 12.7 Å². The third kappa shape index (κ3) is 14.9. The number of carbonyl (C=O) groups is 2. The number of benzene rings is 4. The summed E-state index contributed by atoms with van der Waals surface area (Å²) in [6.45, 7) is 6.41. The van der Waals surface area contributed by atoms with E-state index in [-0.39, 0.29) is 76.4 Å². The number of fused-ring (bicyclic) bond motifs is 5. The average molecular weight is 1250 g/mol. The minimum absolute atomic E-state index is 0.0529. The minimum Gasteiger partial charge on any atom is -0.504 e. The number of guanidine groups is 1. The number of phenolic OH excluding ortho intramolecular Hbond substituents is 1. The van der Waals surface area contributed by atoms with E-state index in [1.165, 1.54) is 48.3 Å². The molecule has 0 radical (unpaired) electrons. The molecule has 4 heterocycles. The molecule has 4 aromatic carbocycles. The smallest absolute Gasteiger partial charge is 0.185 e. The summed E-state index contributed by atoms with van der Waals surface area (Å²) < 4.78 is 5.63. The molecule has 0 amide bonds. The Bertz CT molecular complexity index is 3360. The van der Waals surface area contributed by atoms with Crippen molar-refractivity contribution >= 4 is 23.1 Å². The summed E-state index contributed by atoms with van der Waals surface area (Å²) in [6, 6.07) is 34.4. The fourth-order valence-electron chi connectivity index (χ4n) is 19.6. The van der Waals surface area contributed by atoms with E-state index in [1.807, 2.05) is 19.2 Å². The van der Waals surface area contributed by atoms with Crippen molar-refractivity contribution in [3.05, 3.63) is 172 Å². The highest BCUT2D eigenvalue weighted by Gasteiger charge is 2.68. The number of nitrogens with two attached hydrogens (primary N) is 3. The number of hydrogen-bond acceptors (Lipinski definition) is 13. The highest BCUT2D eigenvalue weighted by molar-refractivity contribution is 6.08. The van der Waals surface area contributed by atoms with E-state index in [1.54, 1.807) is 12.1 Å². The fraction of sp³-hybridized carbons (Fsp3) is 0.545. The fourth-order valence-corrected chi connectivity index (χ4v) is 19.6. The largest absolute Gasteiger partial charge is 0.504 e. The molecular formula is C77H103N9O6. The SMILES string of the molecule is COc1cc(/C(=C/C(=O)CC(=O)C[C@H]2CC[C@@H]3[C@](C[C@H]4[C@@H]5CCNC[C@@H]5C[C@@H]5C=CCN[C@@H]45)(C2)C[C@H](NC[C@H](C)O)[C@@]32C[C@@H]3[C@H](CN=C(N)N)C[C@H](c4ccccc4)CN[C@@H]3C2)CO)c(CC2=CNC(N)C=C2CCc2cccc(CCc3ccccc3)c2)cc1O. The summed E-state index contributed by atoms with van der Waals surface area (Å²) in [7, 11) is 1.48. The number of phenols is 1. The van der Waals surface area contributed by atoms with Gasteiger partial charge in [0, 0.05) is 56.9 Å². The Morgan fingerprint density at radius 2 is 1.63 bits per heavy atom. The number of rotatable bonds is 24. The highest BCUT2D eigenvalue weighted by Crippen LogP contribution is 2.71. The van der Waals surface area contributed by atoms with Gasteiger partial charge in [-0.25, -0.2) is 0 Å². The Kier molecular flexibility index (Phi) is 21.0. The first-order chi connectivity index (χ1) is 44.7. The maximum absolute atomic E-state index is 14.8. The maximum Gasteiger partial charge on any atom is 0.185 e. The van der Waals surface area contributed by atoms with Crippen LogP contribution < -0.4 is 48.5 Å². The standard InChI is InChI=1S/C77H103N9O6/c1-48(88)42-84-72-41-76(38-67-64-24-26-81-43-59(64)29-55-17-10-25-82-74(55)67)37-52(21-23-71(76)77(72)39-66-60(46-86-75(79)80)31-57(44-83-68(66)40-77)53-15-7-4-8-16-53)28-62(89)35-63(90)32-61(47-87)65-36-70(92-2)69(91)33-56(65)30-58-45-85-73(78)34-54(58)22-20-51-14-9-13-50(27-51)19-18-49-11-5-3-6-12-49/h3-17,27,32-34,36,45,48,52,55,57,59-60,64,66-68,71-74,81-85,87-88,91H,18-26,28-31,35,37-44,46-47,78H2,1-2H3,(H4,79,80,86)/b61-32+/t48-,52+,55-,57-,59-,60-,64+,66+,67-,68+,71+,72-,73?,74+,76-,77+/m0/s1. The van der Waals surface area contributed by atoms with Crippen LogP contribution in [0.25, 0.3) is 5.57 Å². The van der Waals surface area contributed by atoms with Crippen LogP contribution in [0.15, 0.2) is 144 Å². The summed E-state index contributed by atoms with van der Waals surface area (Å²) in [5.74, 6) is 3.46. The molecule has 492 valence electrons. The van der Waals surface area contributed by atoms with Crippen molar-refractivity contribution in [3.63, 3.8) is 0 Å². The first kappa shape index (κ1) is 65.6. The number of aromatic hydroxyl groups is 1. The Hall–Kier alpha value is -6.43. The van der Waals surface area contributed by atoms with Gasteiger partial charge in [-0.3, -0.25) is 14.6 Å². The molecule has 2 saturated heterocycles. The van der Waals surface area contributed by atoms with Crippen LogP contribution in [-0.2, 0) is 35.3 Å². The Labute approximate surface area is 546 Å². The summed E-state index contributed by atoms with van der Waals surface area (Å²) >= 11 is 0. The Morgan fingerprint density at radius 1 is 0.859 bits per heavy atom. The molecule has 0 bridgehead atoms. The van der Waals surface area contributed by atoms with Crippen LogP contribution >= 0.6 is 0 Å². The van der Waals surface area contributed by atoms with Crippen LogP contribution in [0.1, 0.15) is 130 Å². The molecule has 15 nitrogen and oxygen atoms in total. The molecule has 12 rings (SSSR count). The number of aliphatic hydroxyl groups excluding tert-OH is 2. The number of ketones is 2. The van der Waals surface area contributed by atoms with Gasteiger partial charge in [-0.15, -0.1) is 0 Å². The number of allylic oxidation sites excluding steroid dienone is 3. The van der Waals surface area contributed by atoms with E-state index in [9.17, 15) is 24.9 Å². The van der Waals surface area contributed by atoms with Gasteiger partial charge in [0.2, 0.25) is 0 Å². The van der Waals surface area contributed by atoms with Crippen molar-refractivity contribution in [3.8, 4) is 11.5 Å². The lowest BCUT2D eigenvalue weighted by atomic mass is 9.52. The summed E-state index contributed by atoms with van der Waals surface area (Å²) in [6.07, 6.45) is 23.6. The normalized spacial score (nSPS) is 32.0. The molecule has 1 spiro atoms. The van der Waals surface area contributed by atoms with Crippen LogP contribution in [0.2, 0.25) is 0 Å². The van der Waals surface area contributed by atoms with E-state index >= 15 is 0 Å². The molecule has 4 aromatic rings. The number of Topliss-reactive ketones (excluding diaryl/α,β-unsaturated/α-hetero) is 1. The zero-order valence-electron chi connectivity index (χ0n) is 54.4. The van der Waals surface area contributed by atoms with Gasteiger partial charge in [0.1, 0.15) is 5.78 Å². The molecule has 4 aliphatic heterocycles. The molecule has 14 N–H and O–H groups in total. The van der Waals surface area contributed by atoms with Gasteiger partial charge in [0.15, 0.2) is 23.2 Å². The van der Waals surface area contributed by atoms with Gasteiger partial charge < -0.3 is 63.8 Å². The van der Waals surface area contributed by atoms with Crippen LogP contribution in [0.5, 0.6) is 11.5 Å². The van der Waals surface area contributed by atoms with E-state index in [2.05, 4.69) is 124 Å². The van der Waals surface area contributed by atoms with E-state index in [0.717, 1.165) is 114 Å². The van der Waals surface area contributed by atoms with Gasteiger partial charge in [0.25, 0.3) is 0 Å². The maximum atomic E-state index is 14.8. The van der Waals surface area contributed by atoms with Crippen molar-refractivity contribution in [1.82, 2.24) is 26.6 Å². The number of nitrogens with zero attached hydrogens (tertiary/aromatic N) is 1. The molecule has 4 saturated carbocycles. The van der Waals surface area contributed by atoms with Crippen molar-refractivity contribution in [2.75, 3.05) is 53.0 Å². The number of piperidine rings is 1. The number of ether oxygens (including phenoxy) is 1. The molecule has 0 aromatic heterocycles. The second kappa shape index (κ2) is 29.5. The van der Waals surface area contributed by atoms with Gasteiger partial charge in [-0.2, -0.15) is 0 Å². The van der Waals surface area contributed by atoms with Crippen LogP contribution in [0.4, 0.5) is 0 Å². The van der Waals surface area contributed by atoms with E-state index in [0.29, 0.717) is 90.1 Å². The lowest BCUT2D eigenvalue weighted by Crippen LogP contribution is -2.57. The molecule has 4 aliphatic carbocycles. The summed E-state index contributed by atoms with van der Waals surface area (Å²) in [4.78, 5) is 34.0. The number of carbonyl (C=O) groups excluding carboxylic acids is 2. The molecule has 92 heavy (non-hydrogen) atoms. The number of hydrogen-bond donors (Lipinski definition) is 11. The number of methoxy groups -OCH3 is 1. The first-order valence-electron chi connectivity index (χ1n) is 34.8. The second-order valence-electron chi connectivity index (χ2n) is 29.2. The molecule has 1 unspecified atom stereocenters. The molecule has 6 fully saturated rings. The quantitative estimate of drug-likeness (QED) is 0.0103. The average Bonchev–Trinajstić information content (AvgIpc) is 1.52. The van der Waals surface area contributed by atoms with Gasteiger partial charge >= 0.3 is 0 Å². The number of aliphatic hydroxyl groups is 2. The van der Waals surface area contributed by atoms with Crippen LogP contribution in [0, 0.1) is 58.2 Å². The molecular weight excluding hydrogens is 1150 g/mol. The molecule has 8 aliphatic rings. The topological polar surface area (TPSA) is 255 Å². The van der Waals surface area contributed by atoms with Gasteiger partial charge in [0.05, 0.1) is 32.4 Å². The van der Waals surface area contributed by atoms with Gasteiger partial charge in [-0.1, -0.05) is 97.1 Å². The monoisotopic (exact) mass is 1250 g/mol. The van der Waals surface area contributed by atoms with Gasteiger partial charge in [-0.05, 0) is 255 Å². The zero-order valence-corrected chi connectivity index (χ0v) is 54.4. The van der Waals surface area contributed by atoms with Crippen molar-refractivity contribution < 1.29 is 29.6 Å². The number of dihydropyridines is 1. The van der Waals surface area contributed by atoms with E-state index in [4.69, 9.17) is 26.9 Å². The number of aliphatic imine (C=N–C) groups is 1. The zero-order chi connectivity index (χ0) is 63.9. The Balaban J connectivity index is 0.791. The first-order valence-corrected chi connectivity index (χ1v) is 34.8. The molecule has 16 atom stereocenters. The van der Waals surface area contributed by atoms with Crippen molar-refractivity contribution in [2.24, 2.45) is 80.4 Å². The lowest BCUT2D eigenvalue weighted by Gasteiger charge is -2.55. The third-order valence-electron chi connectivity index (χ3n) is 23.5. The third-order valence-corrected chi connectivity index (χ3v) is 23.5.